The second kappa shape index (κ2) is 8.53. The predicted octanol–water partition coefficient (Wildman–Crippen LogP) is 4.93. The van der Waals surface area contributed by atoms with E-state index in [1.54, 1.807) is 0 Å². The van der Waals surface area contributed by atoms with Crippen molar-refractivity contribution >= 4 is 40.4 Å². The first kappa shape index (κ1) is 22.8. The second-order valence-electron chi connectivity index (χ2n) is 6.82. The molecule has 4 rings (SSSR count). The third-order valence-electron chi connectivity index (χ3n) is 4.52. The van der Waals surface area contributed by atoms with E-state index >= 15 is 0 Å². The van der Waals surface area contributed by atoms with Crippen LogP contribution in [0, 0.1) is 0 Å². The van der Waals surface area contributed by atoms with E-state index in [-0.39, 0.29) is 44.5 Å². The Labute approximate surface area is 193 Å². The molecule has 0 aliphatic carbocycles. The van der Waals surface area contributed by atoms with Crippen LogP contribution in [-0.4, -0.2) is 42.4 Å². The molecule has 0 spiro atoms. The van der Waals surface area contributed by atoms with Crippen LogP contribution in [0.5, 0.6) is 0 Å². The molecule has 168 valence electrons. The normalized spacial score (nSPS) is 13.1. The van der Waals surface area contributed by atoms with E-state index in [4.69, 9.17) is 44.4 Å². The molecule has 0 amide bonds. The summed E-state index contributed by atoms with van der Waals surface area (Å²) in [4.78, 5) is 8.37. The Morgan fingerprint density at radius 2 is 1.78 bits per heavy atom. The summed E-state index contributed by atoms with van der Waals surface area (Å²) in [6.45, 7) is -0.433. The fourth-order valence-corrected chi connectivity index (χ4v) is 3.76. The number of alkyl halides is 3. The summed E-state index contributed by atoms with van der Waals surface area (Å²) in [5.41, 5.74) is 0.103. The number of fused-ring (bicyclic) bond motifs is 1. The van der Waals surface area contributed by atoms with Crippen LogP contribution < -0.4 is 0 Å². The van der Waals surface area contributed by atoms with Gasteiger partial charge in [0.2, 0.25) is 5.82 Å². The molecule has 0 bridgehead atoms. The predicted molar refractivity (Wildman–Crippen MR) is 111 cm³/mol. The Kier molecular flexibility index (Phi) is 6.08. The molecule has 3 aromatic heterocycles. The van der Waals surface area contributed by atoms with Crippen molar-refractivity contribution in [2.75, 3.05) is 6.61 Å². The highest BCUT2D eigenvalue weighted by Gasteiger charge is 2.32. The highest BCUT2D eigenvalue weighted by molar-refractivity contribution is 6.35. The van der Waals surface area contributed by atoms with Crippen LogP contribution in [0.25, 0.3) is 28.6 Å². The highest BCUT2D eigenvalue weighted by atomic mass is 35.5. The van der Waals surface area contributed by atoms with Crippen molar-refractivity contribution in [1.29, 1.82) is 0 Å². The molecule has 0 radical (unpaired) electrons. The molecule has 32 heavy (non-hydrogen) atoms. The number of aliphatic hydroxyl groups excluding tert-OH is 2. The van der Waals surface area contributed by atoms with Crippen LogP contribution in [0.1, 0.15) is 11.1 Å². The highest BCUT2D eigenvalue weighted by Crippen LogP contribution is 2.35. The van der Waals surface area contributed by atoms with E-state index in [1.807, 2.05) is 0 Å². The molecule has 0 aliphatic rings. The van der Waals surface area contributed by atoms with Gasteiger partial charge >= 0.3 is 6.18 Å². The van der Waals surface area contributed by atoms with E-state index in [9.17, 15) is 18.3 Å². The number of pyridine rings is 1. The summed E-state index contributed by atoms with van der Waals surface area (Å²) in [5.74, 6) is 0.000541. The molecule has 3 heterocycles. The van der Waals surface area contributed by atoms with Crippen LogP contribution in [0.3, 0.4) is 0 Å². The smallest absolute Gasteiger partial charge is 0.394 e. The Bertz CT molecular complexity index is 1310. The fraction of sp³-hybridized carbons (Fsp3) is 0.211. The molecule has 13 heteroatoms. The molecule has 7 nitrogen and oxygen atoms in total. The average molecular weight is 508 g/mol. The quantitative estimate of drug-likeness (QED) is 0.398. The number of hydrogen-bond donors (Lipinski definition) is 2. The monoisotopic (exact) mass is 506 g/mol. The van der Waals surface area contributed by atoms with Crippen molar-refractivity contribution in [2.24, 2.45) is 0 Å². The number of aliphatic hydroxyl groups is 2. The number of aromatic nitrogens is 4. The van der Waals surface area contributed by atoms with Gasteiger partial charge in [0.05, 0.1) is 28.3 Å². The molecule has 0 saturated carbocycles. The lowest BCUT2D eigenvalue weighted by Gasteiger charge is -2.10. The number of halogens is 6. The van der Waals surface area contributed by atoms with Crippen LogP contribution in [0.4, 0.5) is 13.2 Å². The Balaban J connectivity index is 1.69. The van der Waals surface area contributed by atoms with Gasteiger partial charge in [-0.25, -0.2) is 4.98 Å². The molecular formula is C19H12Cl3F3N4O3. The van der Waals surface area contributed by atoms with Gasteiger partial charge in [-0.15, -0.1) is 0 Å². The maximum atomic E-state index is 13.0. The Morgan fingerprint density at radius 1 is 1.03 bits per heavy atom. The number of benzene rings is 1. The van der Waals surface area contributed by atoms with E-state index in [1.165, 1.54) is 18.3 Å². The van der Waals surface area contributed by atoms with Gasteiger partial charge in [-0.05, 0) is 23.8 Å². The van der Waals surface area contributed by atoms with Crippen molar-refractivity contribution in [3.63, 3.8) is 0 Å². The van der Waals surface area contributed by atoms with Gasteiger partial charge in [-0.1, -0.05) is 40.0 Å². The number of imidazole rings is 1. The topological polar surface area (TPSA) is 96.7 Å². The van der Waals surface area contributed by atoms with Gasteiger partial charge in [0.25, 0.3) is 5.89 Å². The molecule has 1 atom stereocenters. The summed E-state index contributed by atoms with van der Waals surface area (Å²) in [6.07, 6.45) is -3.34. The lowest BCUT2D eigenvalue weighted by molar-refractivity contribution is -0.137. The maximum Gasteiger partial charge on any atom is 0.417 e. The third kappa shape index (κ3) is 4.41. The number of hydrogen-bond acceptors (Lipinski definition) is 6. The molecule has 2 N–H and O–H groups in total. The zero-order chi connectivity index (χ0) is 23.2. The molecule has 0 aliphatic heterocycles. The largest absolute Gasteiger partial charge is 0.417 e. The average Bonchev–Trinajstić information content (AvgIpc) is 3.37. The first-order valence-electron chi connectivity index (χ1n) is 8.93. The molecule has 0 fully saturated rings. The van der Waals surface area contributed by atoms with Crippen molar-refractivity contribution in [2.45, 2.75) is 18.7 Å². The first-order valence-corrected chi connectivity index (χ1v) is 10.1. The standard InChI is InChI=1S/C19H12Cl3F3N4O3/c20-12-4-11(13(21)2-8(12)1-10(31)7-30)16-27-18(32-28-16)15-6-29-5-9(19(23,24)25)3-14(22)17(29)26-15/h2-6,10,30-31H,1,7H2. The zero-order valence-electron chi connectivity index (χ0n) is 15.7. The van der Waals surface area contributed by atoms with Gasteiger partial charge in [0, 0.05) is 29.4 Å². The number of rotatable bonds is 5. The SMILES string of the molecule is OCC(O)Cc1cc(Cl)c(-c2noc(-c3cn4cc(C(F)(F)F)cc(Cl)c4n3)n2)cc1Cl. The molecule has 1 aromatic carbocycles. The van der Waals surface area contributed by atoms with E-state index in [0.717, 1.165) is 16.7 Å². The van der Waals surface area contributed by atoms with Gasteiger partial charge in [-0.3, -0.25) is 0 Å². The minimum absolute atomic E-state index is 0.0692. The minimum atomic E-state index is -4.57. The molecule has 0 saturated heterocycles. The van der Waals surface area contributed by atoms with E-state index < -0.39 is 24.5 Å². The van der Waals surface area contributed by atoms with E-state index in [0.29, 0.717) is 11.1 Å². The van der Waals surface area contributed by atoms with Crippen molar-refractivity contribution < 1.29 is 27.9 Å². The van der Waals surface area contributed by atoms with Gasteiger partial charge < -0.3 is 19.1 Å². The number of nitrogens with zero attached hydrogens (tertiary/aromatic N) is 4. The first-order chi connectivity index (χ1) is 15.1. The van der Waals surface area contributed by atoms with Crippen LogP contribution in [-0.2, 0) is 12.6 Å². The van der Waals surface area contributed by atoms with Crippen molar-refractivity contribution in [3.05, 3.63) is 56.8 Å². The van der Waals surface area contributed by atoms with Gasteiger partial charge in [0.1, 0.15) is 5.69 Å². The van der Waals surface area contributed by atoms with E-state index in [2.05, 4.69) is 15.1 Å². The maximum absolute atomic E-state index is 13.0. The second-order valence-corrected chi connectivity index (χ2v) is 8.04. The summed E-state index contributed by atoms with van der Waals surface area (Å²) in [5, 5.41) is 22.7. The summed E-state index contributed by atoms with van der Waals surface area (Å²) in [7, 11) is 0. The molecule has 1 unspecified atom stereocenters. The molecular weight excluding hydrogens is 496 g/mol. The summed E-state index contributed by atoms with van der Waals surface area (Å²) >= 11 is 18.5. The minimum Gasteiger partial charge on any atom is -0.394 e. The van der Waals surface area contributed by atoms with Crippen LogP contribution in [0.2, 0.25) is 15.1 Å². The molecule has 4 aromatic rings. The zero-order valence-corrected chi connectivity index (χ0v) is 18.0. The third-order valence-corrected chi connectivity index (χ3v) is 5.46. The fourth-order valence-electron chi connectivity index (χ4n) is 2.99. The van der Waals surface area contributed by atoms with Crippen LogP contribution in [0.15, 0.2) is 35.1 Å². The van der Waals surface area contributed by atoms with Crippen LogP contribution >= 0.6 is 34.8 Å². The van der Waals surface area contributed by atoms with Gasteiger partial charge in [-0.2, -0.15) is 18.2 Å². The lowest BCUT2D eigenvalue weighted by Crippen LogP contribution is -2.15. The Hall–Kier alpha value is -2.37. The van der Waals surface area contributed by atoms with Crippen molar-refractivity contribution in [1.82, 2.24) is 19.5 Å². The summed E-state index contributed by atoms with van der Waals surface area (Å²) < 4.78 is 45.4. The summed E-state index contributed by atoms with van der Waals surface area (Å²) in [6, 6.07) is 3.77. The van der Waals surface area contributed by atoms with Gasteiger partial charge in [0.15, 0.2) is 5.65 Å². The van der Waals surface area contributed by atoms with Crippen molar-refractivity contribution in [3.8, 4) is 23.0 Å². The lowest BCUT2D eigenvalue weighted by atomic mass is 10.1. The Morgan fingerprint density at radius 3 is 2.47 bits per heavy atom.